The lowest BCUT2D eigenvalue weighted by Gasteiger charge is -2.06. The van der Waals surface area contributed by atoms with E-state index in [1.807, 2.05) is 12.1 Å². The average Bonchev–Trinajstić information content (AvgIpc) is 2.41. The van der Waals surface area contributed by atoms with Gasteiger partial charge in [0.25, 0.3) is 0 Å². The second kappa shape index (κ2) is 8.19. The first-order valence-corrected chi connectivity index (χ1v) is 6.22. The van der Waals surface area contributed by atoms with Crippen molar-refractivity contribution in [1.29, 1.82) is 0 Å². The fraction of sp³-hybridized carbons (Fsp3) is 0.400. The van der Waals surface area contributed by atoms with Crippen molar-refractivity contribution in [1.82, 2.24) is 0 Å². The SMILES string of the molecule is C#CCOC(=O)c1ccc(NCCCCC)cc1. The highest BCUT2D eigenvalue weighted by atomic mass is 16.5. The number of anilines is 1. The van der Waals surface area contributed by atoms with Crippen molar-refractivity contribution in [3.8, 4) is 12.3 Å². The van der Waals surface area contributed by atoms with Gasteiger partial charge in [-0.2, -0.15) is 0 Å². The van der Waals surface area contributed by atoms with Gasteiger partial charge in [-0.05, 0) is 30.7 Å². The molecule has 0 bridgehead atoms. The molecule has 18 heavy (non-hydrogen) atoms. The number of unbranched alkanes of at least 4 members (excludes halogenated alkanes) is 2. The van der Waals surface area contributed by atoms with Crippen molar-refractivity contribution in [2.45, 2.75) is 26.2 Å². The van der Waals surface area contributed by atoms with Crippen LogP contribution in [0.4, 0.5) is 5.69 Å². The molecule has 0 amide bonds. The minimum absolute atomic E-state index is 0.00977. The fourth-order valence-electron chi connectivity index (χ4n) is 1.52. The molecule has 0 spiro atoms. The van der Waals surface area contributed by atoms with E-state index in [9.17, 15) is 4.79 Å². The summed E-state index contributed by atoms with van der Waals surface area (Å²) in [4.78, 5) is 11.5. The molecule has 0 fully saturated rings. The molecule has 0 radical (unpaired) electrons. The van der Waals surface area contributed by atoms with E-state index in [4.69, 9.17) is 11.2 Å². The lowest BCUT2D eigenvalue weighted by Crippen LogP contribution is -2.06. The monoisotopic (exact) mass is 245 g/mol. The molecule has 0 aliphatic heterocycles. The van der Waals surface area contributed by atoms with E-state index >= 15 is 0 Å². The number of terminal acetylenes is 1. The zero-order chi connectivity index (χ0) is 13.2. The maximum atomic E-state index is 11.5. The van der Waals surface area contributed by atoms with Crippen LogP contribution in [0.5, 0.6) is 0 Å². The standard InChI is InChI=1S/C15H19NO2/c1-3-5-6-11-16-14-9-7-13(8-10-14)15(17)18-12-4-2/h2,7-10,16H,3,5-6,11-12H2,1H3. The molecule has 96 valence electrons. The summed E-state index contributed by atoms with van der Waals surface area (Å²) in [6.07, 6.45) is 8.61. The third-order valence-electron chi connectivity index (χ3n) is 2.52. The Balaban J connectivity index is 2.42. The number of hydrogen-bond donors (Lipinski definition) is 1. The molecule has 0 heterocycles. The van der Waals surface area contributed by atoms with Crippen LogP contribution < -0.4 is 5.32 Å². The molecule has 1 aromatic rings. The lowest BCUT2D eigenvalue weighted by atomic mass is 10.2. The van der Waals surface area contributed by atoms with Crippen molar-refractivity contribution in [3.05, 3.63) is 29.8 Å². The van der Waals surface area contributed by atoms with Crippen molar-refractivity contribution >= 4 is 11.7 Å². The van der Waals surface area contributed by atoms with Gasteiger partial charge in [-0.25, -0.2) is 4.79 Å². The Labute approximate surface area is 109 Å². The Kier molecular flexibility index (Phi) is 6.42. The maximum absolute atomic E-state index is 11.5. The van der Waals surface area contributed by atoms with Crippen LogP contribution in [0.3, 0.4) is 0 Å². The van der Waals surface area contributed by atoms with E-state index in [0.717, 1.165) is 18.7 Å². The zero-order valence-corrected chi connectivity index (χ0v) is 10.7. The number of nitrogens with one attached hydrogen (secondary N) is 1. The summed E-state index contributed by atoms with van der Waals surface area (Å²) in [6, 6.07) is 7.22. The van der Waals surface area contributed by atoms with Crippen LogP contribution in [0.25, 0.3) is 0 Å². The molecule has 1 rings (SSSR count). The summed E-state index contributed by atoms with van der Waals surface area (Å²) < 4.78 is 4.83. The second-order valence-corrected chi connectivity index (χ2v) is 3.99. The van der Waals surface area contributed by atoms with Crippen molar-refractivity contribution in [2.75, 3.05) is 18.5 Å². The molecule has 0 atom stereocenters. The van der Waals surface area contributed by atoms with Crippen LogP contribution in [0, 0.1) is 12.3 Å². The van der Waals surface area contributed by atoms with Crippen LogP contribution in [-0.2, 0) is 4.74 Å². The molecular formula is C15H19NO2. The van der Waals surface area contributed by atoms with E-state index in [1.54, 1.807) is 12.1 Å². The van der Waals surface area contributed by atoms with Crippen LogP contribution >= 0.6 is 0 Å². The Hall–Kier alpha value is -1.95. The third kappa shape index (κ3) is 4.92. The smallest absolute Gasteiger partial charge is 0.339 e. The maximum Gasteiger partial charge on any atom is 0.339 e. The van der Waals surface area contributed by atoms with Crippen LogP contribution in [0.2, 0.25) is 0 Å². The van der Waals surface area contributed by atoms with Gasteiger partial charge in [-0.15, -0.1) is 6.42 Å². The van der Waals surface area contributed by atoms with Gasteiger partial charge in [0, 0.05) is 12.2 Å². The first kappa shape index (κ1) is 14.1. The Morgan fingerprint density at radius 2 is 2.06 bits per heavy atom. The van der Waals surface area contributed by atoms with Crippen LogP contribution in [-0.4, -0.2) is 19.1 Å². The zero-order valence-electron chi connectivity index (χ0n) is 10.7. The molecule has 0 aromatic heterocycles. The number of esters is 1. The summed E-state index contributed by atoms with van der Waals surface area (Å²) in [7, 11) is 0. The fourth-order valence-corrected chi connectivity index (χ4v) is 1.52. The first-order valence-electron chi connectivity index (χ1n) is 6.22. The lowest BCUT2D eigenvalue weighted by molar-refractivity contribution is 0.0557. The number of benzene rings is 1. The Morgan fingerprint density at radius 3 is 2.67 bits per heavy atom. The van der Waals surface area contributed by atoms with Gasteiger partial charge < -0.3 is 10.1 Å². The van der Waals surface area contributed by atoms with Crippen LogP contribution in [0.1, 0.15) is 36.5 Å². The molecule has 0 unspecified atom stereocenters. The molecule has 3 heteroatoms. The third-order valence-corrected chi connectivity index (χ3v) is 2.52. The number of carbonyl (C=O) groups is 1. The second-order valence-electron chi connectivity index (χ2n) is 3.99. The molecular weight excluding hydrogens is 226 g/mol. The van der Waals surface area contributed by atoms with Gasteiger partial charge in [0.05, 0.1) is 5.56 Å². The first-order chi connectivity index (χ1) is 8.77. The molecule has 0 aliphatic rings. The Bertz CT molecular complexity index is 403. The van der Waals surface area contributed by atoms with Gasteiger partial charge in [-0.3, -0.25) is 0 Å². The van der Waals surface area contributed by atoms with Gasteiger partial charge in [0.1, 0.15) is 0 Å². The van der Waals surface area contributed by atoms with Crippen LogP contribution in [0.15, 0.2) is 24.3 Å². The van der Waals surface area contributed by atoms with E-state index in [-0.39, 0.29) is 12.6 Å². The van der Waals surface area contributed by atoms with E-state index < -0.39 is 0 Å². The summed E-state index contributed by atoms with van der Waals surface area (Å²) in [5.41, 5.74) is 1.53. The summed E-state index contributed by atoms with van der Waals surface area (Å²) in [5, 5.41) is 3.30. The molecule has 0 aliphatic carbocycles. The van der Waals surface area contributed by atoms with Gasteiger partial charge in [0.2, 0.25) is 0 Å². The predicted octanol–water partition coefficient (Wildman–Crippen LogP) is 3.08. The molecule has 1 aromatic carbocycles. The molecule has 0 saturated heterocycles. The predicted molar refractivity (Wildman–Crippen MR) is 73.6 cm³/mol. The van der Waals surface area contributed by atoms with Crippen molar-refractivity contribution < 1.29 is 9.53 Å². The van der Waals surface area contributed by atoms with E-state index in [1.165, 1.54) is 12.8 Å². The van der Waals surface area contributed by atoms with Crippen molar-refractivity contribution in [3.63, 3.8) is 0 Å². The Morgan fingerprint density at radius 1 is 1.33 bits per heavy atom. The number of hydrogen-bond acceptors (Lipinski definition) is 3. The summed E-state index contributed by atoms with van der Waals surface area (Å²) in [6.45, 7) is 3.14. The van der Waals surface area contributed by atoms with E-state index in [2.05, 4.69) is 18.2 Å². The topological polar surface area (TPSA) is 38.3 Å². The number of ether oxygens (including phenoxy) is 1. The highest BCUT2D eigenvalue weighted by molar-refractivity contribution is 5.89. The molecule has 0 saturated carbocycles. The average molecular weight is 245 g/mol. The number of carbonyl (C=O) groups excluding carboxylic acids is 1. The summed E-state index contributed by atoms with van der Waals surface area (Å²) in [5.74, 6) is 1.88. The highest BCUT2D eigenvalue weighted by Gasteiger charge is 2.05. The van der Waals surface area contributed by atoms with E-state index in [0.29, 0.717) is 5.56 Å². The quantitative estimate of drug-likeness (QED) is 0.456. The van der Waals surface area contributed by atoms with Crippen molar-refractivity contribution in [2.24, 2.45) is 0 Å². The minimum atomic E-state index is -0.384. The largest absolute Gasteiger partial charge is 0.449 e. The normalized spacial score (nSPS) is 9.56. The van der Waals surface area contributed by atoms with Gasteiger partial charge in [-0.1, -0.05) is 25.7 Å². The van der Waals surface area contributed by atoms with Gasteiger partial charge in [0.15, 0.2) is 6.61 Å². The highest BCUT2D eigenvalue weighted by Crippen LogP contribution is 2.10. The van der Waals surface area contributed by atoms with Gasteiger partial charge >= 0.3 is 5.97 Å². The molecule has 3 nitrogen and oxygen atoms in total. The number of rotatable bonds is 7. The summed E-state index contributed by atoms with van der Waals surface area (Å²) >= 11 is 0. The molecule has 1 N–H and O–H groups in total. The minimum Gasteiger partial charge on any atom is -0.449 e.